The second-order valence-electron chi connectivity index (χ2n) is 2.81. The molecule has 4 nitrogen and oxygen atoms in total. The molecule has 0 atom stereocenters. The molecule has 0 saturated carbocycles. The van der Waals surface area contributed by atoms with E-state index in [0.29, 0.717) is 0 Å². The van der Waals surface area contributed by atoms with Crippen molar-refractivity contribution >= 4 is 35.1 Å². The van der Waals surface area contributed by atoms with Crippen LogP contribution < -0.4 is 59.1 Å². The van der Waals surface area contributed by atoms with Crippen LogP contribution in [0, 0.1) is 0 Å². The number of carboxylic acids is 2. The van der Waals surface area contributed by atoms with Crippen molar-refractivity contribution in [1.82, 2.24) is 0 Å². The summed E-state index contributed by atoms with van der Waals surface area (Å²) in [6.07, 6.45) is 0. The normalized spacial score (nSPS) is 9.12. The van der Waals surface area contributed by atoms with Crippen LogP contribution in [0.25, 0.3) is 0 Å². The van der Waals surface area contributed by atoms with Gasteiger partial charge in [0, 0.05) is 10.0 Å². The first-order valence-electron chi connectivity index (χ1n) is 3.83. The van der Waals surface area contributed by atoms with E-state index in [1.54, 1.807) is 0 Å². The van der Waals surface area contributed by atoms with Crippen LogP contribution in [0.5, 0.6) is 0 Å². The first-order chi connectivity index (χ1) is 6.91. The summed E-state index contributed by atoms with van der Waals surface area (Å²) in [5.41, 5.74) is 0.0486. The van der Waals surface area contributed by atoms with Gasteiger partial charge in [-0.25, -0.2) is 0 Å². The number of halogens is 2. The van der Waals surface area contributed by atoms with E-state index in [-0.39, 0.29) is 77.6 Å². The molecule has 1 aromatic rings. The molecule has 0 unspecified atom stereocenters. The van der Waals surface area contributed by atoms with Gasteiger partial charge < -0.3 is 13.1 Å². The smallest absolute Gasteiger partial charge is 1.00 e. The van der Waals surface area contributed by atoms with Gasteiger partial charge in [-0.05, 0) is 23.8 Å². The Labute approximate surface area is 155 Å². The van der Waals surface area contributed by atoms with Crippen LogP contribution in [0.4, 0.5) is 0 Å². The molecule has 1 rings (SSSR count). The maximum atomic E-state index is 10.7. The van der Waals surface area contributed by atoms with Crippen molar-refractivity contribution in [1.29, 1.82) is 0 Å². The Balaban J connectivity index is -0.000000281. The third-order valence-electron chi connectivity index (χ3n) is 1.71. The summed E-state index contributed by atoms with van der Waals surface area (Å²) < 4.78 is 0. The topological polar surface area (TPSA) is 74.6 Å². The van der Waals surface area contributed by atoms with E-state index in [1.165, 1.54) is 18.2 Å². The minimum atomic E-state index is -1.65. The minimum Gasteiger partial charge on any atom is -1.00 e. The average molecular weight is 297 g/mol. The minimum absolute atomic E-state index is 0. The Morgan fingerprint density at radius 2 is 1.35 bits per heavy atom. The maximum absolute atomic E-state index is 10.7. The molecule has 8 heteroatoms. The van der Waals surface area contributed by atoms with Crippen molar-refractivity contribution in [2.75, 3.05) is 0 Å². The Bertz CT molecular complexity index is 400. The van der Waals surface area contributed by atoms with Gasteiger partial charge in [-0.1, -0.05) is 23.2 Å². The molecule has 0 spiro atoms. The van der Waals surface area contributed by atoms with Crippen molar-refractivity contribution in [3.8, 4) is 0 Å². The zero-order valence-electron chi connectivity index (χ0n) is 11.3. The van der Waals surface area contributed by atoms with Gasteiger partial charge in [-0.3, -0.25) is 9.59 Å². The molecule has 0 aromatic heterocycles. The zero-order valence-corrected chi connectivity index (χ0v) is 14.8. The fraction of sp³-hybridized carbons (Fsp3) is 0.111. The van der Waals surface area contributed by atoms with Gasteiger partial charge in [0.05, 0.1) is 0 Å². The summed E-state index contributed by atoms with van der Waals surface area (Å²) in [6.45, 7) is 0. The second kappa shape index (κ2) is 8.77. The van der Waals surface area contributed by atoms with Crippen LogP contribution >= 0.6 is 23.2 Å². The van der Waals surface area contributed by atoms with E-state index < -0.39 is 17.9 Å². The molecule has 2 N–H and O–H groups in total. The van der Waals surface area contributed by atoms with Crippen LogP contribution in [-0.4, -0.2) is 22.2 Å². The summed E-state index contributed by atoms with van der Waals surface area (Å²) in [7, 11) is 0. The summed E-state index contributed by atoms with van der Waals surface area (Å²) in [5, 5.41) is 17.8. The molecular weight excluding hydrogens is 289 g/mol. The number of carbonyl (C=O) groups is 2. The van der Waals surface area contributed by atoms with E-state index in [4.69, 9.17) is 33.4 Å². The van der Waals surface area contributed by atoms with Crippen molar-refractivity contribution in [2.45, 2.75) is 5.92 Å². The van der Waals surface area contributed by atoms with E-state index in [9.17, 15) is 9.59 Å². The molecule has 0 aliphatic heterocycles. The van der Waals surface area contributed by atoms with Gasteiger partial charge in [0.1, 0.15) is 0 Å². The van der Waals surface area contributed by atoms with Crippen LogP contribution in [0.3, 0.4) is 0 Å². The van der Waals surface area contributed by atoms with E-state index in [2.05, 4.69) is 0 Å². The molecule has 0 radical (unpaired) electrons. The Morgan fingerprint density at radius 1 is 1.00 bits per heavy atom. The summed E-state index contributed by atoms with van der Waals surface area (Å²) in [6, 6.07) is 3.92. The maximum Gasteiger partial charge on any atom is 1.00 e. The monoisotopic (exact) mass is 296 g/mol. The van der Waals surface area contributed by atoms with Crippen molar-refractivity contribution in [3.63, 3.8) is 0 Å². The quantitative estimate of drug-likeness (QED) is 0.448. The Kier molecular flexibility index (Phi) is 10.4. The molecule has 0 fully saturated rings. The fourth-order valence-electron chi connectivity index (χ4n) is 1.13. The number of benzene rings is 1. The predicted octanol–water partition coefficient (Wildman–Crippen LogP) is -3.52. The molecular formula is C9H8Cl2Na2O4. The molecule has 17 heavy (non-hydrogen) atoms. The number of carboxylic acid groups (broad SMARTS) is 2. The van der Waals surface area contributed by atoms with Crippen molar-refractivity contribution in [2.24, 2.45) is 0 Å². The van der Waals surface area contributed by atoms with Crippen LogP contribution in [0.2, 0.25) is 10.0 Å². The van der Waals surface area contributed by atoms with Gasteiger partial charge in [-0.15, -0.1) is 0 Å². The largest absolute Gasteiger partial charge is 1.00 e. The zero-order chi connectivity index (χ0) is 11.6. The van der Waals surface area contributed by atoms with Crippen LogP contribution in [-0.2, 0) is 9.59 Å². The average Bonchev–Trinajstić information content (AvgIpc) is 1.99. The molecule has 84 valence electrons. The first-order valence-corrected chi connectivity index (χ1v) is 4.59. The van der Waals surface area contributed by atoms with Crippen LogP contribution in [0.1, 0.15) is 14.3 Å². The molecule has 0 aliphatic carbocycles. The SMILES string of the molecule is O=C(O)C(C(=O)O)c1cc(Cl)cc(Cl)c1.[H-].[H-].[Na+].[Na+]. The van der Waals surface area contributed by atoms with Gasteiger partial charge >= 0.3 is 71.1 Å². The number of hydrogen-bond acceptors (Lipinski definition) is 2. The Morgan fingerprint density at radius 3 is 1.65 bits per heavy atom. The summed E-state index contributed by atoms with van der Waals surface area (Å²) in [5.74, 6) is -4.57. The van der Waals surface area contributed by atoms with Crippen molar-refractivity contribution in [3.05, 3.63) is 33.8 Å². The molecule has 0 heterocycles. The van der Waals surface area contributed by atoms with Crippen molar-refractivity contribution < 1.29 is 81.8 Å². The van der Waals surface area contributed by atoms with Gasteiger partial charge in [-0.2, -0.15) is 0 Å². The number of rotatable bonds is 3. The molecule has 0 aliphatic rings. The third-order valence-corrected chi connectivity index (χ3v) is 2.15. The molecule has 0 bridgehead atoms. The molecule has 0 amide bonds. The third kappa shape index (κ3) is 5.94. The van der Waals surface area contributed by atoms with E-state index in [0.717, 1.165) is 0 Å². The van der Waals surface area contributed by atoms with Crippen LogP contribution in [0.15, 0.2) is 18.2 Å². The van der Waals surface area contributed by atoms with Gasteiger partial charge in [0.25, 0.3) is 0 Å². The van der Waals surface area contributed by atoms with Gasteiger partial charge in [0.2, 0.25) is 0 Å². The predicted molar refractivity (Wildman–Crippen MR) is 56.7 cm³/mol. The first kappa shape index (κ1) is 20.1. The fourth-order valence-corrected chi connectivity index (χ4v) is 1.68. The summed E-state index contributed by atoms with van der Waals surface area (Å²) >= 11 is 11.3. The second-order valence-corrected chi connectivity index (χ2v) is 3.69. The molecule has 1 aromatic carbocycles. The van der Waals surface area contributed by atoms with E-state index >= 15 is 0 Å². The summed E-state index contributed by atoms with van der Waals surface area (Å²) in [4.78, 5) is 21.4. The van der Waals surface area contributed by atoms with E-state index in [1.807, 2.05) is 0 Å². The standard InChI is InChI=1S/C9H6Cl2O4.2Na.2H/c10-5-1-4(2-6(11)3-5)7(8(12)13)9(14)15;;;;/h1-3,7H,(H,12,13)(H,14,15);;;;/q;2*+1;2*-1. The number of aliphatic carboxylic acids is 2. The van der Waals surface area contributed by atoms with Gasteiger partial charge in [0.15, 0.2) is 5.92 Å². The molecule has 0 saturated heterocycles. The number of hydrogen-bond donors (Lipinski definition) is 2. The Hall–Kier alpha value is 0.740.